The van der Waals surface area contributed by atoms with E-state index >= 15 is 0 Å². The van der Waals surface area contributed by atoms with Gasteiger partial charge in [-0.25, -0.2) is 0 Å². The molecule has 0 aliphatic carbocycles. The van der Waals surface area contributed by atoms with Crippen molar-refractivity contribution < 1.29 is 0 Å². The highest BCUT2D eigenvalue weighted by Crippen LogP contribution is 2.42. The number of fused-ring (bicyclic) bond motifs is 9. The SMILES string of the molecule is c1ccc2c(c1)c1ccccc1n2-c1cscc1-n1c2ccccc2c2cccc(-n3c4ccccc4c4ccccc43)c21. The van der Waals surface area contributed by atoms with Crippen molar-refractivity contribution in [1.82, 2.24) is 13.7 Å². The highest BCUT2D eigenvalue weighted by Gasteiger charge is 2.23. The lowest BCUT2D eigenvalue weighted by molar-refractivity contribution is 1.10. The lowest BCUT2D eigenvalue weighted by Gasteiger charge is -2.16. The molecule has 4 heteroatoms. The highest BCUT2D eigenvalue weighted by atomic mass is 32.1. The summed E-state index contributed by atoms with van der Waals surface area (Å²) in [5.74, 6) is 0. The number of aromatic nitrogens is 3. The smallest absolute Gasteiger partial charge is 0.0811 e. The summed E-state index contributed by atoms with van der Waals surface area (Å²) in [5, 5.41) is 12.2. The summed E-state index contributed by atoms with van der Waals surface area (Å²) in [6.07, 6.45) is 0. The molecule has 10 aromatic rings. The number of benzene rings is 6. The summed E-state index contributed by atoms with van der Waals surface area (Å²) < 4.78 is 7.40. The van der Waals surface area contributed by atoms with Gasteiger partial charge in [0.15, 0.2) is 0 Å². The van der Waals surface area contributed by atoms with E-state index in [2.05, 4.69) is 164 Å². The maximum Gasteiger partial charge on any atom is 0.0811 e. The monoisotopic (exact) mass is 579 g/mol. The Morgan fingerprint density at radius 1 is 0.295 bits per heavy atom. The molecule has 0 saturated carbocycles. The van der Waals surface area contributed by atoms with Crippen LogP contribution in [0.4, 0.5) is 0 Å². The van der Waals surface area contributed by atoms with Gasteiger partial charge in [0.25, 0.3) is 0 Å². The van der Waals surface area contributed by atoms with E-state index in [1.54, 1.807) is 11.3 Å². The number of rotatable bonds is 3. The normalized spacial score (nSPS) is 12.1. The summed E-state index contributed by atoms with van der Waals surface area (Å²) in [7, 11) is 0. The first-order valence-electron chi connectivity index (χ1n) is 14.9. The molecule has 0 spiro atoms. The maximum atomic E-state index is 2.50. The first-order valence-corrected chi connectivity index (χ1v) is 15.9. The Labute approximate surface area is 257 Å². The van der Waals surface area contributed by atoms with E-state index in [1.807, 2.05) is 0 Å². The van der Waals surface area contributed by atoms with E-state index in [-0.39, 0.29) is 0 Å². The third kappa shape index (κ3) is 3.10. The largest absolute Gasteiger partial charge is 0.307 e. The number of hydrogen-bond donors (Lipinski definition) is 0. The predicted octanol–water partition coefficient (Wildman–Crippen LogP) is 11.0. The number of para-hydroxylation sites is 6. The quantitative estimate of drug-likeness (QED) is 0.198. The van der Waals surface area contributed by atoms with Gasteiger partial charge in [0.05, 0.1) is 50.2 Å². The van der Waals surface area contributed by atoms with Crippen molar-refractivity contribution in [1.29, 1.82) is 0 Å². The molecule has 0 aliphatic heterocycles. The predicted molar refractivity (Wildman–Crippen MR) is 187 cm³/mol. The molecule has 0 bridgehead atoms. The molecule has 0 radical (unpaired) electrons. The lowest BCUT2D eigenvalue weighted by atomic mass is 10.1. The fraction of sp³-hybridized carbons (Fsp3) is 0. The van der Waals surface area contributed by atoms with Crippen molar-refractivity contribution >= 4 is 76.8 Å². The van der Waals surface area contributed by atoms with Crippen LogP contribution in [0.2, 0.25) is 0 Å². The molecule has 0 atom stereocenters. The van der Waals surface area contributed by atoms with E-state index in [0.29, 0.717) is 0 Å². The Balaban J connectivity index is 1.37. The Hall–Kier alpha value is -5.58. The number of nitrogens with zero attached hydrogens (tertiary/aromatic N) is 3. The average Bonchev–Trinajstić information content (AvgIpc) is 3.84. The summed E-state index contributed by atoms with van der Waals surface area (Å²) in [6, 6.07) is 50.7. The topological polar surface area (TPSA) is 14.8 Å². The van der Waals surface area contributed by atoms with Crippen LogP contribution in [0.25, 0.3) is 82.5 Å². The third-order valence-electron chi connectivity index (χ3n) is 9.18. The van der Waals surface area contributed by atoms with Crippen molar-refractivity contribution in [2.24, 2.45) is 0 Å². The van der Waals surface area contributed by atoms with Gasteiger partial charge in [-0.2, -0.15) is 0 Å². The van der Waals surface area contributed by atoms with Crippen LogP contribution in [-0.2, 0) is 0 Å². The molecule has 3 nitrogen and oxygen atoms in total. The number of hydrogen-bond acceptors (Lipinski definition) is 1. The van der Waals surface area contributed by atoms with Crippen LogP contribution in [-0.4, -0.2) is 13.7 Å². The molecule has 0 fully saturated rings. The summed E-state index contributed by atoms with van der Waals surface area (Å²) in [6.45, 7) is 0. The van der Waals surface area contributed by atoms with Crippen molar-refractivity contribution in [3.63, 3.8) is 0 Å². The van der Waals surface area contributed by atoms with Gasteiger partial charge in [0.1, 0.15) is 0 Å². The van der Waals surface area contributed by atoms with Crippen LogP contribution in [0.15, 0.2) is 150 Å². The Morgan fingerprint density at radius 2 is 0.636 bits per heavy atom. The zero-order valence-corrected chi connectivity index (χ0v) is 24.5. The first kappa shape index (κ1) is 23.9. The van der Waals surface area contributed by atoms with E-state index in [9.17, 15) is 0 Å². The van der Waals surface area contributed by atoms with E-state index < -0.39 is 0 Å². The van der Waals surface area contributed by atoms with Gasteiger partial charge in [-0.3, -0.25) is 0 Å². The minimum atomic E-state index is 1.18. The minimum Gasteiger partial charge on any atom is -0.307 e. The second-order valence-corrected chi connectivity index (χ2v) is 12.2. The summed E-state index contributed by atoms with van der Waals surface area (Å²) >= 11 is 1.76. The van der Waals surface area contributed by atoms with Gasteiger partial charge in [0, 0.05) is 43.1 Å². The third-order valence-corrected chi connectivity index (χ3v) is 9.90. The molecule has 6 aromatic carbocycles. The van der Waals surface area contributed by atoms with Gasteiger partial charge in [-0.1, -0.05) is 103 Å². The zero-order chi connectivity index (χ0) is 28.8. The molecule has 0 unspecified atom stereocenters. The van der Waals surface area contributed by atoms with Crippen LogP contribution < -0.4 is 0 Å². The lowest BCUT2D eigenvalue weighted by Crippen LogP contribution is -2.03. The van der Waals surface area contributed by atoms with E-state index in [4.69, 9.17) is 0 Å². The highest BCUT2D eigenvalue weighted by molar-refractivity contribution is 7.08. The molecule has 0 aliphatic rings. The molecule has 4 heterocycles. The van der Waals surface area contributed by atoms with E-state index in [0.717, 1.165) is 0 Å². The molecule has 0 saturated heterocycles. The summed E-state index contributed by atoms with van der Waals surface area (Å²) in [5.41, 5.74) is 10.8. The van der Waals surface area contributed by atoms with Crippen LogP contribution >= 0.6 is 11.3 Å². The van der Waals surface area contributed by atoms with Gasteiger partial charge in [-0.15, -0.1) is 11.3 Å². The molecule has 206 valence electrons. The Kier molecular flexibility index (Phi) is 4.87. The molecular weight excluding hydrogens is 555 g/mol. The van der Waals surface area contributed by atoms with Crippen molar-refractivity contribution in [2.75, 3.05) is 0 Å². The standard InChI is InChI=1S/C40H25N3S/c1-6-18-32-26(12-1)27-13-2-7-19-33(27)41(32)37-23-11-17-31-30-16-5-10-22-36(30)43(40(31)37)39-25-44-24-38(39)42-34-20-8-3-14-28(34)29-15-4-9-21-35(29)42/h1-25H. The fourth-order valence-electron chi connectivity index (χ4n) is 7.41. The molecule has 0 N–H and O–H groups in total. The second-order valence-electron chi connectivity index (χ2n) is 11.4. The molecule has 44 heavy (non-hydrogen) atoms. The van der Waals surface area contributed by atoms with Gasteiger partial charge >= 0.3 is 0 Å². The first-order chi connectivity index (χ1) is 21.9. The van der Waals surface area contributed by atoms with Crippen molar-refractivity contribution in [3.05, 3.63) is 150 Å². The minimum absolute atomic E-state index is 1.18. The Morgan fingerprint density at radius 3 is 1.11 bits per heavy atom. The van der Waals surface area contributed by atoms with Crippen molar-refractivity contribution in [3.8, 4) is 17.1 Å². The summed E-state index contributed by atoms with van der Waals surface area (Å²) in [4.78, 5) is 0. The second kappa shape index (κ2) is 8.96. The average molecular weight is 580 g/mol. The maximum absolute atomic E-state index is 2.50. The molecule has 0 amide bonds. The van der Waals surface area contributed by atoms with Crippen LogP contribution in [0.5, 0.6) is 0 Å². The van der Waals surface area contributed by atoms with Crippen LogP contribution in [0.1, 0.15) is 0 Å². The molecule has 4 aromatic heterocycles. The van der Waals surface area contributed by atoms with Crippen LogP contribution in [0.3, 0.4) is 0 Å². The number of thiophene rings is 1. The zero-order valence-electron chi connectivity index (χ0n) is 23.7. The Bertz CT molecular complexity index is 2630. The molecule has 10 rings (SSSR count). The fourth-order valence-corrected chi connectivity index (χ4v) is 8.19. The van der Waals surface area contributed by atoms with Crippen LogP contribution in [0, 0.1) is 0 Å². The van der Waals surface area contributed by atoms with Crippen molar-refractivity contribution in [2.45, 2.75) is 0 Å². The molecular formula is C40H25N3S. The van der Waals surface area contributed by atoms with Gasteiger partial charge in [0.2, 0.25) is 0 Å². The van der Waals surface area contributed by atoms with Gasteiger partial charge in [-0.05, 0) is 36.4 Å². The van der Waals surface area contributed by atoms with Gasteiger partial charge < -0.3 is 13.7 Å². The van der Waals surface area contributed by atoms with E-state index in [1.165, 1.54) is 82.5 Å².